The van der Waals surface area contributed by atoms with E-state index in [9.17, 15) is 8.42 Å². The second-order valence-corrected chi connectivity index (χ2v) is 7.70. The fourth-order valence-corrected chi connectivity index (χ4v) is 3.90. The molecule has 1 aliphatic heterocycles. The van der Waals surface area contributed by atoms with Gasteiger partial charge in [-0.15, -0.1) is 0 Å². The summed E-state index contributed by atoms with van der Waals surface area (Å²) in [5, 5.41) is 0. The molecule has 1 fully saturated rings. The predicted molar refractivity (Wildman–Crippen MR) is 84.7 cm³/mol. The van der Waals surface area contributed by atoms with Crippen molar-refractivity contribution < 1.29 is 13.2 Å². The molecule has 1 N–H and O–H groups in total. The van der Waals surface area contributed by atoms with Crippen molar-refractivity contribution in [2.45, 2.75) is 39.2 Å². The minimum atomic E-state index is -3.15. The Bertz CT molecular complexity index is 539. The highest BCUT2D eigenvalue weighted by molar-refractivity contribution is 7.89. The van der Waals surface area contributed by atoms with Crippen LogP contribution >= 0.6 is 0 Å². The fourth-order valence-electron chi connectivity index (χ4n) is 2.75. The van der Waals surface area contributed by atoms with Crippen LogP contribution in [0.25, 0.3) is 0 Å². The molecule has 1 aromatic rings. The standard InChI is InChI=1S/C16H25NO3S/c1-3-11-21(18,19)17-12-15-5-4-10-20-16(15)14-8-6-13(2)7-9-14/h6-9,15-17H,3-5,10-12H2,1-2H3/t15-,16+/m0/s1. The maximum absolute atomic E-state index is 11.8. The molecule has 1 aliphatic rings. The van der Waals surface area contributed by atoms with Crippen molar-refractivity contribution in [3.8, 4) is 0 Å². The van der Waals surface area contributed by atoms with E-state index >= 15 is 0 Å². The average molecular weight is 311 g/mol. The van der Waals surface area contributed by atoms with Crippen molar-refractivity contribution in [2.24, 2.45) is 5.92 Å². The molecule has 2 atom stereocenters. The molecule has 0 amide bonds. The third-order valence-corrected chi connectivity index (χ3v) is 5.44. The monoisotopic (exact) mass is 311 g/mol. The smallest absolute Gasteiger partial charge is 0.211 e. The zero-order chi connectivity index (χ0) is 15.3. The van der Waals surface area contributed by atoms with Crippen molar-refractivity contribution in [3.05, 3.63) is 35.4 Å². The zero-order valence-electron chi connectivity index (χ0n) is 12.8. The number of sulfonamides is 1. The fraction of sp³-hybridized carbons (Fsp3) is 0.625. The van der Waals surface area contributed by atoms with Crippen LogP contribution in [0.2, 0.25) is 0 Å². The summed E-state index contributed by atoms with van der Waals surface area (Å²) in [4.78, 5) is 0. The van der Waals surface area contributed by atoms with Crippen molar-refractivity contribution >= 4 is 10.0 Å². The molecule has 2 rings (SSSR count). The number of ether oxygens (including phenoxy) is 1. The molecular weight excluding hydrogens is 286 g/mol. The number of nitrogens with one attached hydrogen (secondary N) is 1. The second-order valence-electron chi connectivity index (χ2n) is 5.77. The molecule has 0 aliphatic carbocycles. The Balaban J connectivity index is 2.04. The molecule has 1 saturated heterocycles. The van der Waals surface area contributed by atoms with Gasteiger partial charge in [0.05, 0.1) is 11.9 Å². The van der Waals surface area contributed by atoms with E-state index in [0.29, 0.717) is 13.0 Å². The molecule has 1 aromatic carbocycles. The molecule has 0 unspecified atom stereocenters. The molecule has 21 heavy (non-hydrogen) atoms. The summed E-state index contributed by atoms with van der Waals surface area (Å²) in [5.41, 5.74) is 2.36. The Hall–Kier alpha value is -0.910. The van der Waals surface area contributed by atoms with E-state index in [4.69, 9.17) is 4.74 Å². The Morgan fingerprint density at radius 3 is 2.67 bits per heavy atom. The van der Waals surface area contributed by atoms with E-state index in [2.05, 4.69) is 35.9 Å². The molecule has 5 heteroatoms. The number of hydrogen-bond donors (Lipinski definition) is 1. The molecule has 0 aromatic heterocycles. The Labute approximate surface area is 127 Å². The van der Waals surface area contributed by atoms with Crippen LogP contribution < -0.4 is 4.72 Å². The van der Waals surface area contributed by atoms with E-state index in [1.165, 1.54) is 5.56 Å². The molecule has 4 nitrogen and oxygen atoms in total. The maximum Gasteiger partial charge on any atom is 0.211 e. The maximum atomic E-state index is 11.8. The average Bonchev–Trinajstić information content (AvgIpc) is 2.46. The second kappa shape index (κ2) is 7.38. The summed E-state index contributed by atoms with van der Waals surface area (Å²) >= 11 is 0. The van der Waals surface area contributed by atoms with Gasteiger partial charge in [0.1, 0.15) is 0 Å². The van der Waals surface area contributed by atoms with Gasteiger partial charge in [0, 0.05) is 19.1 Å². The summed E-state index contributed by atoms with van der Waals surface area (Å²) in [6, 6.07) is 8.31. The molecule has 0 saturated carbocycles. The Morgan fingerprint density at radius 2 is 2.00 bits per heavy atom. The molecule has 1 heterocycles. The van der Waals surface area contributed by atoms with E-state index in [1.807, 2.05) is 6.92 Å². The van der Waals surface area contributed by atoms with Crippen molar-refractivity contribution in [2.75, 3.05) is 18.9 Å². The molecule has 118 valence electrons. The lowest BCUT2D eigenvalue weighted by molar-refractivity contribution is -0.0262. The van der Waals surface area contributed by atoms with Crippen LogP contribution in [0.4, 0.5) is 0 Å². The van der Waals surface area contributed by atoms with Crippen LogP contribution in [0.1, 0.15) is 43.4 Å². The minimum Gasteiger partial charge on any atom is -0.373 e. The first-order chi connectivity index (χ1) is 10.0. The first kappa shape index (κ1) is 16.5. The van der Waals surface area contributed by atoms with Gasteiger partial charge in [-0.05, 0) is 31.7 Å². The predicted octanol–water partition coefficient (Wildman–Crippen LogP) is 2.79. The van der Waals surface area contributed by atoms with Gasteiger partial charge in [-0.25, -0.2) is 13.1 Å². The summed E-state index contributed by atoms with van der Waals surface area (Å²) in [6.07, 6.45) is 2.61. The van der Waals surface area contributed by atoms with Crippen molar-refractivity contribution in [1.82, 2.24) is 4.72 Å². The Morgan fingerprint density at radius 1 is 1.29 bits per heavy atom. The molecule has 0 bridgehead atoms. The third kappa shape index (κ3) is 4.80. The molecular formula is C16H25NO3S. The highest BCUT2D eigenvalue weighted by Gasteiger charge is 2.28. The van der Waals surface area contributed by atoms with E-state index < -0.39 is 10.0 Å². The van der Waals surface area contributed by atoms with Gasteiger partial charge >= 0.3 is 0 Å². The lowest BCUT2D eigenvalue weighted by Crippen LogP contribution is -2.36. The Kier molecular flexibility index (Phi) is 5.79. The van der Waals surface area contributed by atoms with Gasteiger partial charge in [-0.1, -0.05) is 36.8 Å². The first-order valence-corrected chi connectivity index (χ1v) is 9.32. The van der Waals surface area contributed by atoms with Gasteiger partial charge in [0.2, 0.25) is 10.0 Å². The van der Waals surface area contributed by atoms with Gasteiger partial charge in [0.25, 0.3) is 0 Å². The van der Waals surface area contributed by atoms with E-state index in [1.54, 1.807) is 0 Å². The summed E-state index contributed by atoms with van der Waals surface area (Å²) < 4.78 is 32.3. The number of benzene rings is 1. The van der Waals surface area contributed by atoms with Gasteiger partial charge in [0.15, 0.2) is 0 Å². The van der Waals surface area contributed by atoms with Crippen LogP contribution in [0.5, 0.6) is 0 Å². The van der Waals surface area contributed by atoms with Crippen LogP contribution in [-0.4, -0.2) is 27.3 Å². The lowest BCUT2D eigenvalue weighted by atomic mass is 9.89. The van der Waals surface area contributed by atoms with Crippen molar-refractivity contribution in [3.63, 3.8) is 0 Å². The first-order valence-electron chi connectivity index (χ1n) is 7.67. The van der Waals surface area contributed by atoms with E-state index in [0.717, 1.165) is 25.0 Å². The van der Waals surface area contributed by atoms with Crippen molar-refractivity contribution in [1.29, 1.82) is 0 Å². The third-order valence-electron chi connectivity index (χ3n) is 3.89. The van der Waals surface area contributed by atoms with Gasteiger partial charge in [-0.2, -0.15) is 0 Å². The van der Waals surface area contributed by atoms with Gasteiger partial charge < -0.3 is 4.74 Å². The minimum absolute atomic E-state index is 0.0105. The number of aryl methyl sites for hydroxylation is 1. The number of rotatable bonds is 6. The summed E-state index contributed by atoms with van der Waals surface area (Å²) in [7, 11) is -3.15. The summed E-state index contributed by atoms with van der Waals surface area (Å²) in [5.74, 6) is 0.392. The normalized spacial score (nSPS) is 23.1. The topological polar surface area (TPSA) is 55.4 Å². The molecule has 0 spiro atoms. The van der Waals surface area contributed by atoms with Crippen LogP contribution in [0.15, 0.2) is 24.3 Å². The highest BCUT2D eigenvalue weighted by Crippen LogP contribution is 2.33. The SMILES string of the molecule is CCCS(=O)(=O)NC[C@@H]1CCCO[C@@H]1c1ccc(C)cc1. The van der Waals surface area contributed by atoms with E-state index in [-0.39, 0.29) is 17.8 Å². The quantitative estimate of drug-likeness (QED) is 0.879. The zero-order valence-corrected chi connectivity index (χ0v) is 13.7. The number of hydrogen-bond acceptors (Lipinski definition) is 3. The lowest BCUT2D eigenvalue weighted by Gasteiger charge is -2.32. The highest BCUT2D eigenvalue weighted by atomic mass is 32.2. The van der Waals surface area contributed by atoms with Crippen LogP contribution in [-0.2, 0) is 14.8 Å². The molecule has 0 radical (unpaired) electrons. The summed E-state index contributed by atoms with van der Waals surface area (Å²) in [6.45, 7) is 5.14. The largest absolute Gasteiger partial charge is 0.373 e. The van der Waals surface area contributed by atoms with Crippen LogP contribution in [0.3, 0.4) is 0 Å². The van der Waals surface area contributed by atoms with Crippen LogP contribution in [0, 0.1) is 12.8 Å². The van der Waals surface area contributed by atoms with Gasteiger partial charge in [-0.3, -0.25) is 0 Å².